The highest BCUT2D eigenvalue weighted by atomic mass is 16.1. The topological polar surface area (TPSA) is 43.1 Å². The molecule has 0 unspecified atom stereocenters. The summed E-state index contributed by atoms with van der Waals surface area (Å²) in [6.45, 7) is 2.10. The van der Waals surface area contributed by atoms with Crippen molar-refractivity contribution < 1.29 is 4.79 Å². The average molecular weight is 199 g/mol. The predicted octanol–water partition coefficient (Wildman–Crippen LogP) is 2.29. The average Bonchev–Trinajstić information content (AvgIpc) is 2.29. The van der Waals surface area contributed by atoms with E-state index in [0.717, 1.165) is 16.3 Å². The van der Waals surface area contributed by atoms with Crippen molar-refractivity contribution in [2.75, 3.05) is 6.54 Å². The molecule has 0 amide bonds. The van der Waals surface area contributed by atoms with Crippen LogP contribution in [0.25, 0.3) is 10.8 Å². The molecular weight excluding hydrogens is 186 g/mol. The Bertz CT molecular complexity index is 517. The zero-order valence-corrected chi connectivity index (χ0v) is 8.66. The van der Waals surface area contributed by atoms with E-state index in [-0.39, 0.29) is 12.3 Å². The number of carbonyl (C=O) groups is 1. The maximum absolute atomic E-state index is 11.6. The lowest BCUT2D eigenvalue weighted by atomic mass is 9.98. The summed E-state index contributed by atoms with van der Waals surface area (Å²) in [7, 11) is 0. The minimum atomic E-state index is -0.00815. The minimum Gasteiger partial charge on any atom is -0.324 e. The van der Waals surface area contributed by atoms with Crippen molar-refractivity contribution in [1.82, 2.24) is 0 Å². The van der Waals surface area contributed by atoms with Gasteiger partial charge in [-0.2, -0.15) is 0 Å². The fourth-order valence-corrected chi connectivity index (χ4v) is 1.80. The molecule has 2 rings (SSSR count). The molecule has 76 valence electrons. The quantitative estimate of drug-likeness (QED) is 0.754. The van der Waals surface area contributed by atoms with E-state index in [2.05, 4.69) is 0 Å². The van der Waals surface area contributed by atoms with Gasteiger partial charge in [0.15, 0.2) is 5.78 Å². The second-order valence-electron chi connectivity index (χ2n) is 3.60. The first-order valence-corrected chi connectivity index (χ1v) is 4.95. The van der Waals surface area contributed by atoms with Crippen LogP contribution in [0.1, 0.15) is 15.9 Å². The molecule has 0 fully saturated rings. The lowest BCUT2D eigenvalue weighted by Crippen LogP contribution is -2.13. The third-order valence-electron chi connectivity index (χ3n) is 2.63. The van der Waals surface area contributed by atoms with E-state index in [1.54, 1.807) is 0 Å². The van der Waals surface area contributed by atoms with E-state index in [0.29, 0.717) is 0 Å². The second kappa shape index (κ2) is 3.83. The number of carbonyl (C=O) groups excluding carboxylic acids is 1. The molecule has 0 radical (unpaired) electrons. The molecule has 0 aliphatic heterocycles. The second-order valence-corrected chi connectivity index (χ2v) is 3.60. The summed E-state index contributed by atoms with van der Waals surface area (Å²) in [5.41, 5.74) is 7.28. The van der Waals surface area contributed by atoms with Crippen LogP contribution in [0.5, 0.6) is 0 Å². The molecule has 0 atom stereocenters. The van der Waals surface area contributed by atoms with Crippen LogP contribution in [-0.4, -0.2) is 12.3 Å². The van der Waals surface area contributed by atoms with E-state index in [1.807, 2.05) is 43.3 Å². The van der Waals surface area contributed by atoms with Gasteiger partial charge in [-0.15, -0.1) is 0 Å². The zero-order chi connectivity index (χ0) is 10.8. The molecular formula is C13H13NO. The van der Waals surface area contributed by atoms with Crippen molar-refractivity contribution in [2.24, 2.45) is 5.73 Å². The lowest BCUT2D eigenvalue weighted by Gasteiger charge is -2.06. The van der Waals surface area contributed by atoms with Gasteiger partial charge < -0.3 is 5.73 Å². The normalized spacial score (nSPS) is 10.5. The van der Waals surface area contributed by atoms with E-state index in [4.69, 9.17) is 5.73 Å². The van der Waals surface area contributed by atoms with Crippen molar-refractivity contribution in [3.05, 3.63) is 47.5 Å². The highest BCUT2D eigenvalue weighted by Crippen LogP contribution is 2.22. The monoisotopic (exact) mass is 199 g/mol. The Balaban J connectivity index is 2.77. The van der Waals surface area contributed by atoms with Crippen LogP contribution in [-0.2, 0) is 0 Å². The molecule has 0 saturated carbocycles. The number of Topliss-reactive ketones (excluding diaryl/α,β-unsaturated/α-hetero) is 1. The van der Waals surface area contributed by atoms with Crippen LogP contribution in [0.2, 0.25) is 0 Å². The summed E-state index contributed by atoms with van der Waals surface area (Å²) < 4.78 is 0. The summed E-state index contributed by atoms with van der Waals surface area (Å²) in [5.74, 6) is -0.00815. The van der Waals surface area contributed by atoms with Gasteiger partial charge in [0, 0.05) is 5.56 Å². The molecule has 2 aromatic carbocycles. The van der Waals surface area contributed by atoms with Crippen molar-refractivity contribution in [3.8, 4) is 0 Å². The van der Waals surface area contributed by atoms with E-state index < -0.39 is 0 Å². The Kier molecular flexibility index (Phi) is 2.52. The first-order chi connectivity index (χ1) is 7.24. The maximum atomic E-state index is 11.6. The Labute approximate surface area is 88.7 Å². The number of fused-ring (bicyclic) bond motifs is 1. The first-order valence-electron chi connectivity index (χ1n) is 4.95. The molecule has 0 bridgehead atoms. The van der Waals surface area contributed by atoms with Gasteiger partial charge in [-0.05, 0) is 23.3 Å². The number of rotatable bonds is 2. The summed E-state index contributed by atoms with van der Waals surface area (Å²) in [6.07, 6.45) is 0. The number of hydrogen-bond donors (Lipinski definition) is 1. The van der Waals surface area contributed by atoms with Gasteiger partial charge in [0.1, 0.15) is 0 Å². The first kappa shape index (κ1) is 9.87. The van der Waals surface area contributed by atoms with Crippen LogP contribution in [0, 0.1) is 6.92 Å². The van der Waals surface area contributed by atoms with Crippen molar-refractivity contribution in [1.29, 1.82) is 0 Å². The van der Waals surface area contributed by atoms with E-state index in [1.165, 1.54) is 5.56 Å². The summed E-state index contributed by atoms with van der Waals surface area (Å²) in [4.78, 5) is 11.6. The van der Waals surface area contributed by atoms with E-state index in [9.17, 15) is 4.79 Å². The van der Waals surface area contributed by atoms with Crippen molar-refractivity contribution in [2.45, 2.75) is 6.92 Å². The number of benzene rings is 2. The number of nitrogens with two attached hydrogens (primary N) is 1. The van der Waals surface area contributed by atoms with Crippen LogP contribution < -0.4 is 5.73 Å². The van der Waals surface area contributed by atoms with Gasteiger partial charge in [0.2, 0.25) is 0 Å². The van der Waals surface area contributed by atoms with Crippen LogP contribution >= 0.6 is 0 Å². The third-order valence-corrected chi connectivity index (χ3v) is 2.63. The largest absolute Gasteiger partial charge is 0.324 e. The highest BCUT2D eigenvalue weighted by Gasteiger charge is 2.08. The number of hydrogen-bond acceptors (Lipinski definition) is 2. The van der Waals surface area contributed by atoms with E-state index >= 15 is 0 Å². The molecule has 0 saturated heterocycles. The number of ketones is 1. The van der Waals surface area contributed by atoms with Crippen molar-refractivity contribution in [3.63, 3.8) is 0 Å². The van der Waals surface area contributed by atoms with Gasteiger partial charge in [0.05, 0.1) is 6.54 Å². The Hall–Kier alpha value is -1.67. The summed E-state index contributed by atoms with van der Waals surface area (Å²) in [5, 5.41) is 2.12. The highest BCUT2D eigenvalue weighted by molar-refractivity contribution is 6.09. The van der Waals surface area contributed by atoms with Crippen LogP contribution in [0.15, 0.2) is 36.4 Å². The standard InChI is InChI=1S/C13H13NO/c1-9-6-7-12(13(15)8-14)11-5-3-2-4-10(9)11/h2-7H,8,14H2,1H3. The molecule has 0 aliphatic carbocycles. The fraction of sp³-hybridized carbons (Fsp3) is 0.154. The lowest BCUT2D eigenvalue weighted by molar-refractivity contribution is 0.100. The molecule has 2 N–H and O–H groups in total. The molecule has 0 heterocycles. The molecule has 0 aliphatic rings. The summed E-state index contributed by atoms with van der Waals surface area (Å²) >= 11 is 0. The molecule has 0 aromatic heterocycles. The van der Waals surface area contributed by atoms with Crippen molar-refractivity contribution >= 4 is 16.6 Å². The van der Waals surface area contributed by atoms with Gasteiger partial charge in [-0.3, -0.25) is 4.79 Å². The third kappa shape index (κ3) is 1.64. The zero-order valence-electron chi connectivity index (χ0n) is 8.66. The molecule has 15 heavy (non-hydrogen) atoms. The van der Waals surface area contributed by atoms with Gasteiger partial charge in [-0.25, -0.2) is 0 Å². The van der Waals surface area contributed by atoms with Gasteiger partial charge in [-0.1, -0.05) is 36.4 Å². The molecule has 0 spiro atoms. The molecule has 2 nitrogen and oxygen atoms in total. The van der Waals surface area contributed by atoms with Gasteiger partial charge in [0.25, 0.3) is 0 Å². The molecule has 2 aromatic rings. The SMILES string of the molecule is Cc1ccc(C(=O)CN)c2ccccc12. The Morgan fingerprint density at radius 1 is 1.13 bits per heavy atom. The summed E-state index contributed by atoms with van der Waals surface area (Å²) in [6, 6.07) is 11.7. The van der Waals surface area contributed by atoms with Crippen LogP contribution in [0.4, 0.5) is 0 Å². The Morgan fingerprint density at radius 2 is 1.80 bits per heavy atom. The molecule has 2 heteroatoms. The Morgan fingerprint density at radius 3 is 2.47 bits per heavy atom. The predicted molar refractivity (Wildman–Crippen MR) is 62.1 cm³/mol. The van der Waals surface area contributed by atoms with Crippen LogP contribution in [0.3, 0.4) is 0 Å². The fourth-order valence-electron chi connectivity index (χ4n) is 1.80. The minimum absolute atomic E-state index is 0.00815. The number of aryl methyl sites for hydroxylation is 1. The smallest absolute Gasteiger partial charge is 0.177 e. The van der Waals surface area contributed by atoms with Gasteiger partial charge >= 0.3 is 0 Å². The maximum Gasteiger partial charge on any atom is 0.177 e.